The lowest BCUT2D eigenvalue weighted by atomic mass is 9.98. The lowest BCUT2D eigenvalue weighted by molar-refractivity contribution is -0.140. The summed E-state index contributed by atoms with van der Waals surface area (Å²) in [5, 5.41) is 2.72. The predicted molar refractivity (Wildman–Crippen MR) is 56.5 cm³/mol. The van der Waals surface area contributed by atoms with Crippen molar-refractivity contribution < 1.29 is 9.59 Å². The molecule has 1 atom stereocenters. The summed E-state index contributed by atoms with van der Waals surface area (Å²) in [5.41, 5.74) is 0. The van der Waals surface area contributed by atoms with E-state index in [2.05, 4.69) is 5.32 Å². The number of hydrogen-bond acceptors (Lipinski definition) is 3. The van der Waals surface area contributed by atoms with Crippen molar-refractivity contribution >= 4 is 29.1 Å². The highest BCUT2D eigenvalue weighted by atomic mass is 32.1. The minimum absolute atomic E-state index is 0.188. The topological polar surface area (TPSA) is 49.4 Å². The summed E-state index contributed by atoms with van der Waals surface area (Å²) in [6.07, 6.45) is 2.46. The Bertz CT molecular complexity index is 278. The smallest absolute Gasteiger partial charge is 0.241 e. The van der Waals surface area contributed by atoms with Crippen LogP contribution in [0.3, 0.4) is 0 Å². The Morgan fingerprint density at radius 1 is 1.50 bits per heavy atom. The average molecular weight is 214 g/mol. The van der Waals surface area contributed by atoms with Gasteiger partial charge in [-0.2, -0.15) is 0 Å². The van der Waals surface area contributed by atoms with Crippen LogP contribution in [-0.2, 0) is 9.59 Å². The van der Waals surface area contributed by atoms with Crippen molar-refractivity contribution in [1.29, 1.82) is 0 Å². The number of hydrogen-bond donors (Lipinski definition) is 1. The van der Waals surface area contributed by atoms with Crippen LogP contribution in [0.5, 0.6) is 0 Å². The van der Waals surface area contributed by atoms with Crippen molar-refractivity contribution in [2.24, 2.45) is 5.92 Å². The molecule has 0 saturated carbocycles. The molecule has 0 aromatic heterocycles. The van der Waals surface area contributed by atoms with E-state index in [-0.39, 0.29) is 16.9 Å². The van der Waals surface area contributed by atoms with Gasteiger partial charge in [-0.15, -0.1) is 0 Å². The van der Waals surface area contributed by atoms with Gasteiger partial charge in [0.25, 0.3) is 0 Å². The Hall–Kier alpha value is -0.970. The van der Waals surface area contributed by atoms with Crippen molar-refractivity contribution in [3.05, 3.63) is 0 Å². The monoisotopic (exact) mass is 214 g/mol. The van der Waals surface area contributed by atoms with Crippen LogP contribution < -0.4 is 5.32 Å². The third-order valence-corrected chi connectivity index (χ3v) is 2.70. The molecule has 1 rings (SSSR count). The van der Waals surface area contributed by atoms with E-state index in [1.807, 2.05) is 6.92 Å². The van der Waals surface area contributed by atoms with Gasteiger partial charge in [-0.1, -0.05) is 19.8 Å². The van der Waals surface area contributed by atoms with Gasteiger partial charge >= 0.3 is 0 Å². The normalized spacial score (nSPS) is 22.6. The van der Waals surface area contributed by atoms with E-state index in [0.717, 1.165) is 12.8 Å². The van der Waals surface area contributed by atoms with Gasteiger partial charge in [0.15, 0.2) is 5.11 Å². The number of nitrogens with zero attached hydrogens (tertiary/aromatic N) is 1. The molecule has 14 heavy (non-hydrogen) atoms. The number of thiocarbonyl (C=S) groups is 1. The number of unbranched alkanes of at least 4 members (excludes halogenated alkanes) is 1. The van der Waals surface area contributed by atoms with E-state index in [1.54, 1.807) is 7.05 Å². The zero-order chi connectivity index (χ0) is 10.7. The Morgan fingerprint density at radius 3 is 2.71 bits per heavy atom. The van der Waals surface area contributed by atoms with Crippen molar-refractivity contribution in [3.8, 4) is 0 Å². The van der Waals surface area contributed by atoms with Crippen LogP contribution in [0.15, 0.2) is 0 Å². The maximum absolute atomic E-state index is 11.6. The van der Waals surface area contributed by atoms with Crippen molar-refractivity contribution in [2.45, 2.75) is 26.2 Å². The molecule has 0 aromatic carbocycles. The van der Waals surface area contributed by atoms with Crippen molar-refractivity contribution in [1.82, 2.24) is 10.2 Å². The third kappa shape index (κ3) is 2.09. The second-order valence-corrected chi connectivity index (χ2v) is 3.77. The second-order valence-electron chi connectivity index (χ2n) is 3.39. The van der Waals surface area contributed by atoms with Gasteiger partial charge in [0.05, 0.1) is 0 Å². The van der Waals surface area contributed by atoms with E-state index in [4.69, 9.17) is 12.2 Å². The molecule has 0 bridgehead atoms. The molecule has 1 heterocycles. The summed E-state index contributed by atoms with van der Waals surface area (Å²) in [6, 6.07) is 0. The van der Waals surface area contributed by atoms with Gasteiger partial charge in [-0.05, 0) is 18.6 Å². The van der Waals surface area contributed by atoms with E-state index < -0.39 is 5.92 Å². The lowest BCUT2D eigenvalue weighted by Gasteiger charge is -2.29. The van der Waals surface area contributed by atoms with E-state index in [1.165, 1.54) is 4.90 Å². The summed E-state index contributed by atoms with van der Waals surface area (Å²) < 4.78 is 0. The summed E-state index contributed by atoms with van der Waals surface area (Å²) in [5.74, 6) is -0.995. The standard InChI is InChI=1S/C9H14N2O2S/c1-3-4-5-6-7(12)10-9(14)11(2)8(6)13/h6H,3-5H2,1-2H3,(H,10,12,14)/t6-/m0/s1. The molecule has 0 spiro atoms. The van der Waals surface area contributed by atoms with Crippen molar-refractivity contribution in [2.75, 3.05) is 7.05 Å². The maximum Gasteiger partial charge on any atom is 0.241 e. The molecule has 1 N–H and O–H groups in total. The highest BCUT2D eigenvalue weighted by Crippen LogP contribution is 2.15. The summed E-state index contributed by atoms with van der Waals surface area (Å²) in [7, 11) is 1.59. The molecular formula is C9H14N2O2S. The minimum Gasteiger partial charge on any atom is -0.302 e. The zero-order valence-corrected chi connectivity index (χ0v) is 9.19. The Morgan fingerprint density at radius 2 is 2.14 bits per heavy atom. The largest absolute Gasteiger partial charge is 0.302 e. The number of rotatable bonds is 3. The molecule has 4 nitrogen and oxygen atoms in total. The van der Waals surface area contributed by atoms with Gasteiger partial charge < -0.3 is 5.32 Å². The first-order valence-electron chi connectivity index (χ1n) is 4.70. The Kier molecular flexibility index (Phi) is 3.57. The van der Waals surface area contributed by atoms with Crippen LogP contribution in [0.4, 0.5) is 0 Å². The lowest BCUT2D eigenvalue weighted by Crippen LogP contribution is -2.56. The van der Waals surface area contributed by atoms with Crippen LogP contribution in [0.2, 0.25) is 0 Å². The molecule has 0 aliphatic carbocycles. The molecule has 78 valence electrons. The first-order chi connectivity index (χ1) is 6.57. The molecule has 1 aliphatic heterocycles. The van der Waals surface area contributed by atoms with Crippen molar-refractivity contribution in [3.63, 3.8) is 0 Å². The van der Waals surface area contributed by atoms with Gasteiger partial charge in [0.2, 0.25) is 11.8 Å². The SMILES string of the molecule is CCCC[C@H]1C(=O)NC(=S)N(C)C1=O. The molecule has 0 aromatic rings. The molecule has 0 unspecified atom stereocenters. The van der Waals surface area contributed by atoms with Gasteiger partial charge in [0.1, 0.15) is 5.92 Å². The Labute approximate surface area is 88.6 Å². The summed E-state index contributed by atoms with van der Waals surface area (Å²) in [6.45, 7) is 2.03. The number of carbonyl (C=O) groups is 2. The fourth-order valence-electron chi connectivity index (χ4n) is 1.39. The van der Waals surface area contributed by atoms with Crippen LogP contribution >= 0.6 is 12.2 Å². The number of carbonyl (C=O) groups excluding carboxylic acids is 2. The minimum atomic E-state index is -0.549. The first-order valence-corrected chi connectivity index (χ1v) is 5.11. The fraction of sp³-hybridized carbons (Fsp3) is 0.667. The van der Waals surface area contributed by atoms with Crippen LogP contribution in [0.1, 0.15) is 26.2 Å². The fourth-order valence-corrected chi connectivity index (χ4v) is 1.58. The molecule has 1 fully saturated rings. The molecule has 2 amide bonds. The second kappa shape index (κ2) is 4.50. The quantitative estimate of drug-likeness (QED) is 0.555. The average Bonchev–Trinajstić information content (AvgIpc) is 2.14. The van der Waals surface area contributed by atoms with Crippen LogP contribution in [0.25, 0.3) is 0 Å². The molecular weight excluding hydrogens is 200 g/mol. The number of amides is 2. The van der Waals surface area contributed by atoms with Gasteiger partial charge in [-0.25, -0.2) is 0 Å². The first kappa shape index (κ1) is 11.1. The molecule has 5 heteroatoms. The number of nitrogens with one attached hydrogen (secondary N) is 1. The molecule has 0 radical (unpaired) electrons. The Balaban J connectivity index is 2.69. The van der Waals surface area contributed by atoms with E-state index in [0.29, 0.717) is 6.42 Å². The zero-order valence-electron chi connectivity index (χ0n) is 8.37. The molecule has 1 saturated heterocycles. The van der Waals surface area contributed by atoms with Gasteiger partial charge in [-0.3, -0.25) is 14.5 Å². The molecule has 1 aliphatic rings. The maximum atomic E-state index is 11.6. The van der Waals surface area contributed by atoms with Gasteiger partial charge in [0, 0.05) is 7.05 Å². The van der Waals surface area contributed by atoms with Crippen LogP contribution in [0, 0.1) is 5.92 Å². The van der Waals surface area contributed by atoms with E-state index >= 15 is 0 Å². The summed E-state index contributed by atoms with van der Waals surface area (Å²) >= 11 is 4.82. The third-order valence-electron chi connectivity index (χ3n) is 2.33. The highest BCUT2D eigenvalue weighted by Gasteiger charge is 2.35. The summed E-state index contributed by atoms with van der Waals surface area (Å²) in [4.78, 5) is 24.4. The highest BCUT2D eigenvalue weighted by molar-refractivity contribution is 7.80. The predicted octanol–water partition coefficient (Wildman–Crippen LogP) is 0.666. The van der Waals surface area contributed by atoms with E-state index in [9.17, 15) is 9.59 Å². The van der Waals surface area contributed by atoms with Crippen LogP contribution in [-0.4, -0.2) is 28.9 Å².